The molecule has 0 fully saturated rings. The first-order valence-corrected chi connectivity index (χ1v) is 7.33. The quantitative estimate of drug-likeness (QED) is 0.877. The second-order valence-corrected chi connectivity index (χ2v) is 5.63. The van der Waals surface area contributed by atoms with Gasteiger partial charge in [0.15, 0.2) is 0 Å². The van der Waals surface area contributed by atoms with Crippen LogP contribution in [0.3, 0.4) is 0 Å². The summed E-state index contributed by atoms with van der Waals surface area (Å²) in [5, 5.41) is 8.73. The first kappa shape index (κ1) is 14.7. The minimum absolute atomic E-state index is 0.102. The van der Waals surface area contributed by atoms with Crippen molar-refractivity contribution >= 4 is 11.3 Å². The molecule has 2 rings (SSSR count). The minimum Gasteiger partial charge on any atom is -0.384 e. The van der Waals surface area contributed by atoms with Crippen molar-refractivity contribution in [3.63, 3.8) is 0 Å². The molecule has 1 N–H and O–H groups in total. The summed E-state index contributed by atoms with van der Waals surface area (Å²) in [5.41, 5.74) is 5.17. The summed E-state index contributed by atoms with van der Waals surface area (Å²) in [6.45, 7) is 3.72. The maximum absolute atomic E-state index is 8.73. The molecule has 0 unspecified atom stereocenters. The molecule has 0 atom stereocenters. The zero-order chi connectivity index (χ0) is 14.4. The molecule has 0 radical (unpaired) electrons. The number of rotatable bonds is 4. The fourth-order valence-corrected chi connectivity index (χ4v) is 2.84. The molecule has 2 aromatic rings. The van der Waals surface area contributed by atoms with Gasteiger partial charge in [-0.2, -0.15) is 0 Å². The van der Waals surface area contributed by atoms with Crippen LogP contribution in [-0.2, 0) is 13.1 Å². The third kappa shape index (κ3) is 4.17. The van der Waals surface area contributed by atoms with Crippen LogP contribution in [-0.4, -0.2) is 28.6 Å². The van der Waals surface area contributed by atoms with Crippen molar-refractivity contribution in [3.8, 4) is 11.8 Å². The molecule has 1 aromatic heterocycles. The van der Waals surface area contributed by atoms with E-state index in [1.54, 1.807) is 11.3 Å². The lowest BCUT2D eigenvalue weighted by Gasteiger charge is -2.16. The van der Waals surface area contributed by atoms with Crippen LogP contribution >= 0.6 is 11.3 Å². The van der Waals surface area contributed by atoms with Crippen molar-refractivity contribution < 1.29 is 5.11 Å². The molecule has 0 aliphatic carbocycles. The first-order valence-electron chi connectivity index (χ1n) is 6.45. The van der Waals surface area contributed by atoms with Crippen LogP contribution in [0.1, 0.15) is 21.7 Å². The number of benzene rings is 1. The summed E-state index contributed by atoms with van der Waals surface area (Å²) in [7, 11) is 2.10. The van der Waals surface area contributed by atoms with Gasteiger partial charge in [0.1, 0.15) is 6.61 Å². The Hall–Kier alpha value is -1.67. The van der Waals surface area contributed by atoms with E-state index in [1.807, 2.05) is 24.6 Å². The van der Waals surface area contributed by atoms with Crippen molar-refractivity contribution in [3.05, 3.63) is 51.5 Å². The monoisotopic (exact) mass is 286 g/mol. The second-order valence-electron chi connectivity index (χ2n) is 4.69. The number of aliphatic hydroxyl groups is 1. The van der Waals surface area contributed by atoms with Gasteiger partial charge < -0.3 is 5.11 Å². The van der Waals surface area contributed by atoms with E-state index >= 15 is 0 Å². The highest BCUT2D eigenvalue weighted by atomic mass is 32.1. The van der Waals surface area contributed by atoms with Crippen molar-refractivity contribution in [2.24, 2.45) is 0 Å². The number of aryl methyl sites for hydroxylation is 1. The normalized spacial score (nSPS) is 10.4. The van der Waals surface area contributed by atoms with Gasteiger partial charge in [0.2, 0.25) is 0 Å². The Morgan fingerprint density at radius 1 is 1.35 bits per heavy atom. The summed E-state index contributed by atoms with van der Waals surface area (Å²) in [4.78, 5) is 7.85. The molecule has 0 amide bonds. The van der Waals surface area contributed by atoms with E-state index in [1.165, 1.54) is 10.4 Å². The minimum atomic E-state index is -0.102. The van der Waals surface area contributed by atoms with Crippen LogP contribution in [0.25, 0.3) is 0 Å². The predicted molar refractivity (Wildman–Crippen MR) is 82.4 cm³/mol. The Bertz CT molecular complexity index is 625. The average molecular weight is 286 g/mol. The Morgan fingerprint density at radius 2 is 2.20 bits per heavy atom. The first-order chi connectivity index (χ1) is 9.69. The summed E-state index contributed by atoms with van der Waals surface area (Å²) in [5.74, 6) is 5.61. The third-order valence-corrected chi connectivity index (χ3v) is 3.87. The van der Waals surface area contributed by atoms with Crippen molar-refractivity contribution in [2.45, 2.75) is 20.0 Å². The molecule has 0 bridgehead atoms. The number of aromatic nitrogens is 1. The SMILES string of the molecule is Cc1ncsc1CN(C)Cc1cccc(C#CCO)c1. The zero-order valence-corrected chi connectivity index (χ0v) is 12.6. The Kier molecular flexibility index (Phi) is 5.31. The number of aliphatic hydroxyl groups excluding tert-OH is 1. The summed E-state index contributed by atoms with van der Waals surface area (Å²) < 4.78 is 0. The van der Waals surface area contributed by atoms with E-state index in [2.05, 4.69) is 40.9 Å². The van der Waals surface area contributed by atoms with Crippen molar-refractivity contribution in [1.29, 1.82) is 0 Å². The lowest BCUT2D eigenvalue weighted by atomic mass is 10.1. The van der Waals surface area contributed by atoms with Crippen molar-refractivity contribution in [1.82, 2.24) is 9.88 Å². The van der Waals surface area contributed by atoms with Gasteiger partial charge >= 0.3 is 0 Å². The molecular weight excluding hydrogens is 268 g/mol. The molecule has 0 aliphatic rings. The molecule has 1 heterocycles. The maximum Gasteiger partial charge on any atom is 0.104 e. The van der Waals surface area contributed by atoms with Gasteiger partial charge in [-0.1, -0.05) is 24.0 Å². The summed E-state index contributed by atoms with van der Waals surface area (Å²) in [6, 6.07) is 8.13. The predicted octanol–water partition coefficient (Wildman–Crippen LogP) is 2.43. The van der Waals surface area contributed by atoms with Crippen LogP contribution in [0, 0.1) is 18.8 Å². The van der Waals surface area contributed by atoms with Gasteiger partial charge in [0, 0.05) is 23.5 Å². The molecular formula is C16H18N2OS. The van der Waals surface area contributed by atoms with E-state index in [0.717, 1.165) is 24.3 Å². The summed E-state index contributed by atoms with van der Waals surface area (Å²) in [6.07, 6.45) is 0. The average Bonchev–Trinajstić information content (AvgIpc) is 2.82. The van der Waals surface area contributed by atoms with E-state index in [9.17, 15) is 0 Å². The molecule has 0 saturated carbocycles. The lowest BCUT2D eigenvalue weighted by molar-refractivity contribution is 0.321. The zero-order valence-electron chi connectivity index (χ0n) is 11.8. The largest absolute Gasteiger partial charge is 0.384 e. The molecule has 1 aromatic carbocycles. The molecule has 0 saturated heterocycles. The highest BCUT2D eigenvalue weighted by Crippen LogP contribution is 2.16. The van der Waals surface area contributed by atoms with Gasteiger partial charge in [0.25, 0.3) is 0 Å². The highest BCUT2D eigenvalue weighted by Gasteiger charge is 2.06. The van der Waals surface area contributed by atoms with E-state index < -0.39 is 0 Å². The van der Waals surface area contributed by atoms with Gasteiger partial charge in [0.05, 0.1) is 11.2 Å². The molecule has 0 aliphatic heterocycles. The fourth-order valence-electron chi connectivity index (χ4n) is 1.98. The molecule has 0 spiro atoms. The van der Waals surface area contributed by atoms with Crippen LogP contribution < -0.4 is 0 Å². The second kappa shape index (κ2) is 7.20. The molecule has 3 nitrogen and oxygen atoms in total. The Labute approximate surface area is 123 Å². The number of nitrogens with zero attached hydrogens (tertiary/aromatic N) is 2. The van der Waals surface area contributed by atoms with E-state index in [4.69, 9.17) is 5.11 Å². The smallest absolute Gasteiger partial charge is 0.104 e. The number of thiazole rings is 1. The Balaban J connectivity index is 2.00. The summed E-state index contributed by atoms with van der Waals surface area (Å²) >= 11 is 1.70. The third-order valence-electron chi connectivity index (χ3n) is 2.95. The van der Waals surface area contributed by atoms with Gasteiger partial charge in [-0.3, -0.25) is 4.90 Å². The van der Waals surface area contributed by atoms with E-state index in [0.29, 0.717) is 0 Å². The number of hydrogen-bond acceptors (Lipinski definition) is 4. The number of hydrogen-bond donors (Lipinski definition) is 1. The Morgan fingerprint density at radius 3 is 2.90 bits per heavy atom. The van der Waals surface area contributed by atoms with Crippen LogP contribution in [0.5, 0.6) is 0 Å². The van der Waals surface area contributed by atoms with Gasteiger partial charge in [-0.25, -0.2) is 4.98 Å². The van der Waals surface area contributed by atoms with Gasteiger partial charge in [-0.05, 0) is 31.7 Å². The fraction of sp³-hybridized carbons (Fsp3) is 0.312. The van der Waals surface area contributed by atoms with Crippen LogP contribution in [0.15, 0.2) is 29.8 Å². The van der Waals surface area contributed by atoms with Crippen molar-refractivity contribution in [2.75, 3.05) is 13.7 Å². The highest BCUT2D eigenvalue weighted by molar-refractivity contribution is 7.09. The standard InChI is InChI=1S/C16H18N2OS/c1-13-16(20-12-17-13)11-18(2)10-15-6-3-5-14(9-15)7-4-8-19/h3,5-6,9,12,19H,8,10-11H2,1-2H3. The maximum atomic E-state index is 8.73. The molecule has 4 heteroatoms. The molecule has 20 heavy (non-hydrogen) atoms. The lowest BCUT2D eigenvalue weighted by Crippen LogP contribution is -2.17. The van der Waals surface area contributed by atoms with E-state index in [-0.39, 0.29) is 6.61 Å². The molecule has 104 valence electrons. The van der Waals surface area contributed by atoms with Gasteiger partial charge in [-0.15, -0.1) is 11.3 Å². The topological polar surface area (TPSA) is 36.4 Å². The van der Waals surface area contributed by atoms with Crippen LogP contribution in [0.4, 0.5) is 0 Å². The van der Waals surface area contributed by atoms with Crippen LogP contribution in [0.2, 0.25) is 0 Å².